The van der Waals surface area contributed by atoms with Crippen molar-refractivity contribution in [2.45, 2.75) is 6.42 Å². The Bertz CT molecular complexity index is 178. The molecule has 1 saturated carbocycles. The first-order valence-corrected chi connectivity index (χ1v) is 4.23. The van der Waals surface area contributed by atoms with Gasteiger partial charge in [0.25, 0.3) is 0 Å². The molecule has 60 valence electrons. The monoisotopic (exact) mass is 151 g/mol. The molecule has 0 N–H and O–H groups in total. The molecule has 1 aliphatic heterocycles. The zero-order valence-corrected chi connectivity index (χ0v) is 6.57. The minimum absolute atomic E-state index is 0.844. The number of hydrogen-bond acceptors (Lipinski definition) is 2. The van der Waals surface area contributed by atoms with Crippen molar-refractivity contribution in [1.82, 2.24) is 4.90 Å². The highest BCUT2D eigenvalue weighted by Crippen LogP contribution is 2.44. The van der Waals surface area contributed by atoms with Crippen molar-refractivity contribution in [3.63, 3.8) is 0 Å². The number of piperidine rings is 1. The summed E-state index contributed by atoms with van der Waals surface area (Å²) in [7, 11) is 0. The predicted molar refractivity (Wildman–Crippen MR) is 43.2 cm³/mol. The van der Waals surface area contributed by atoms with Crippen LogP contribution in [-0.2, 0) is 4.79 Å². The fourth-order valence-electron chi connectivity index (χ4n) is 1.91. The second kappa shape index (κ2) is 2.78. The maximum Gasteiger partial charge on any atom is 0.142 e. The zero-order chi connectivity index (χ0) is 7.68. The van der Waals surface area contributed by atoms with Crippen LogP contribution in [0.4, 0.5) is 0 Å². The summed E-state index contributed by atoms with van der Waals surface area (Å²) in [6.45, 7) is 3.48. The molecule has 0 unspecified atom stereocenters. The van der Waals surface area contributed by atoms with Gasteiger partial charge in [-0.15, -0.1) is 0 Å². The number of hydrogen-bond donors (Lipinski definition) is 0. The molecule has 0 spiro atoms. The van der Waals surface area contributed by atoms with Gasteiger partial charge >= 0.3 is 0 Å². The van der Waals surface area contributed by atoms with Crippen molar-refractivity contribution >= 4 is 6.29 Å². The lowest BCUT2D eigenvalue weighted by molar-refractivity contribution is -0.104. The van der Waals surface area contributed by atoms with Crippen molar-refractivity contribution in [3.05, 3.63) is 12.2 Å². The summed E-state index contributed by atoms with van der Waals surface area (Å²) in [4.78, 5) is 12.4. The molecule has 1 saturated heterocycles. The highest BCUT2D eigenvalue weighted by Gasteiger charge is 2.44. The number of carbonyl (C=O) groups is 1. The van der Waals surface area contributed by atoms with Crippen molar-refractivity contribution in [2.24, 2.45) is 11.8 Å². The Kier molecular flexibility index (Phi) is 1.78. The number of allylic oxidation sites excluding steroid dienone is 1. The number of fused-ring (bicyclic) bond motifs is 1. The van der Waals surface area contributed by atoms with Crippen LogP contribution >= 0.6 is 0 Å². The third-order valence-electron chi connectivity index (χ3n) is 2.63. The third kappa shape index (κ3) is 1.51. The standard InChI is InChI=1S/C9H13NO/c11-4-2-1-3-10-6-8-5-9(8)7-10/h1-2,4,8-9H,3,5-7H2/b2-1+/t8-,9+. The first-order chi connectivity index (χ1) is 5.40. The van der Waals surface area contributed by atoms with Gasteiger partial charge in [-0.25, -0.2) is 0 Å². The van der Waals surface area contributed by atoms with E-state index in [1.54, 1.807) is 6.08 Å². The van der Waals surface area contributed by atoms with E-state index in [4.69, 9.17) is 0 Å². The van der Waals surface area contributed by atoms with Crippen molar-refractivity contribution in [1.29, 1.82) is 0 Å². The van der Waals surface area contributed by atoms with Crippen LogP contribution in [0.5, 0.6) is 0 Å². The molecule has 1 heterocycles. The summed E-state index contributed by atoms with van der Waals surface area (Å²) in [5, 5.41) is 0. The van der Waals surface area contributed by atoms with Crippen LogP contribution in [0.1, 0.15) is 6.42 Å². The molecule has 0 radical (unpaired) electrons. The summed E-state index contributed by atoms with van der Waals surface area (Å²) in [6, 6.07) is 0. The number of nitrogens with zero attached hydrogens (tertiary/aromatic N) is 1. The van der Waals surface area contributed by atoms with E-state index in [2.05, 4.69) is 4.90 Å². The second-order valence-electron chi connectivity index (χ2n) is 3.54. The largest absolute Gasteiger partial charge is 0.299 e. The number of aldehydes is 1. The lowest BCUT2D eigenvalue weighted by Gasteiger charge is -2.13. The van der Waals surface area contributed by atoms with Gasteiger partial charge in [-0.1, -0.05) is 6.08 Å². The molecule has 0 amide bonds. The van der Waals surface area contributed by atoms with Crippen molar-refractivity contribution < 1.29 is 4.79 Å². The highest BCUT2D eigenvalue weighted by atomic mass is 16.1. The van der Waals surface area contributed by atoms with Crippen molar-refractivity contribution in [3.8, 4) is 0 Å². The molecule has 2 nitrogen and oxygen atoms in total. The fourth-order valence-corrected chi connectivity index (χ4v) is 1.91. The van der Waals surface area contributed by atoms with Gasteiger partial charge in [0.2, 0.25) is 0 Å². The molecule has 0 bridgehead atoms. The van der Waals surface area contributed by atoms with E-state index < -0.39 is 0 Å². The van der Waals surface area contributed by atoms with Gasteiger partial charge in [0, 0.05) is 19.6 Å². The van der Waals surface area contributed by atoms with E-state index in [1.807, 2.05) is 6.08 Å². The van der Waals surface area contributed by atoms with Crippen LogP contribution in [-0.4, -0.2) is 30.8 Å². The topological polar surface area (TPSA) is 20.3 Å². The third-order valence-corrected chi connectivity index (χ3v) is 2.63. The van der Waals surface area contributed by atoms with E-state index in [1.165, 1.54) is 19.5 Å². The van der Waals surface area contributed by atoms with E-state index in [0.717, 1.165) is 24.7 Å². The van der Waals surface area contributed by atoms with Gasteiger partial charge in [0.05, 0.1) is 0 Å². The van der Waals surface area contributed by atoms with Gasteiger partial charge in [-0.2, -0.15) is 0 Å². The quantitative estimate of drug-likeness (QED) is 0.437. The second-order valence-corrected chi connectivity index (χ2v) is 3.54. The summed E-state index contributed by atoms with van der Waals surface area (Å²) in [5.41, 5.74) is 0. The van der Waals surface area contributed by atoms with E-state index in [-0.39, 0.29) is 0 Å². The van der Waals surface area contributed by atoms with Gasteiger partial charge < -0.3 is 0 Å². The molecule has 0 aromatic heterocycles. The lowest BCUT2D eigenvalue weighted by Crippen LogP contribution is -2.22. The molecular formula is C9H13NO. The highest BCUT2D eigenvalue weighted by molar-refractivity contribution is 5.64. The molecule has 2 aliphatic rings. The Morgan fingerprint density at radius 1 is 1.36 bits per heavy atom. The van der Waals surface area contributed by atoms with Crippen LogP contribution in [0.2, 0.25) is 0 Å². The predicted octanol–water partition coefficient (Wildman–Crippen LogP) is 0.693. The summed E-state index contributed by atoms with van der Waals surface area (Å²) >= 11 is 0. The lowest BCUT2D eigenvalue weighted by atomic mass is 10.4. The molecule has 2 fully saturated rings. The van der Waals surface area contributed by atoms with Gasteiger partial charge in [0.1, 0.15) is 6.29 Å². The molecule has 2 heteroatoms. The Hall–Kier alpha value is -0.630. The average Bonchev–Trinajstić information content (AvgIpc) is 2.61. The first-order valence-electron chi connectivity index (χ1n) is 4.23. The number of carbonyl (C=O) groups excluding carboxylic acids is 1. The van der Waals surface area contributed by atoms with Gasteiger partial charge in [-0.3, -0.25) is 9.69 Å². The van der Waals surface area contributed by atoms with Crippen molar-refractivity contribution in [2.75, 3.05) is 19.6 Å². The Labute approximate surface area is 66.9 Å². The normalized spacial score (nSPS) is 36.0. The minimum Gasteiger partial charge on any atom is -0.299 e. The summed E-state index contributed by atoms with van der Waals surface area (Å²) < 4.78 is 0. The Morgan fingerprint density at radius 2 is 2.09 bits per heavy atom. The van der Waals surface area contributed by atoms with Crippen LogP contribution in [0.25, 0.3) is 0 Å². The number of likely N-dealkylation sites (tertiary alicyclic amines) is 1. The first kappa shape index (κ1) is 7.04. The maximum atomic E-state index is 9.95. The Morgan fingerprint density at radius 3 is 2.73 bits per heavy atom. The maximum absolute atomic E-state index is 9.95. The smallest absolute Gasteiger partial charge is 0.142 e. The average molecular weight is 151 g/mol. The molecule has 1 aliphatic carbocycles. The zero-order valence-electron chi connectivity index (χ0n) is 6.57. The fraction of sp³-hybridized carbons (Fsp3) is 0.667. The van der Waals surface area contributed by atoms with E-state index in [9.17, 15) is 4.79 Å². The molecule has 2 atom stereocenters. The summed E-state index contributed by atoms with van der Waals surface area (Å²) in [6.07, 6.45) is 5.83. The van der Waals surface area contributed by atoms with Crippen LogP contribution in [0.15, 0.2) is 12.2 Å². The number of rotatable bonds is 3. The molecule has 0 aromatic rings. The van der Waals surface area contributed by atoms with E-state index >= 15 is 0 Å². The molecule has 11 heavy (non-hydrogen) atoms. The van der Waals surface area contributed by atoms with Crippen LogP contribution in [0.3, 0.4) is 0 Å². The Balaban J connectivity index is 1.71. The minimum atomic E-state index is 0.844. The van der Waals surface area contributed by atoms with Crippen LogP contribution in [0, 0.1) is 11.8 Å². The molecule has 2 rings (SSSR count). The molecule has 0 aromatic carbocycles. The van der Waals surface area contributed by atoms with Gasteiger partial charge in [-0.05, 0) is 24.3 Å². The summed E-state index contributed by atoms with van der Waals surface area (Å²) in [5.74, 6) is 2.00. The van der Waals surface area contributed by atoms with E-state index in [0.29, 0.717) is 0 Å². The molecular weight excluding hydrogens is 138 g/mol. The van der Waals surface area contributed by atoms with Gasteiger partial charge in [0.15, 0.2) is 0 Å². The van der Waals surface area contributed by atoms with Crippen LogP contribution < -0.4 is 0 Å². The SMILES string of the molecule is O=C/C=C/CN1C[C@H]2C[C@H]2C1.